The van der Waals surface area contributed by atoms with Crippen molar-refractivity contribution in [3.63, 3.8) is 0 Å². The molecule has 1 aromatic carbocycles. The smallest absolute Gasteiger partial charge is 0.357 e. The average molecular weight is 615 g/mol. The van der Waals surface area contributed by atoms with Gasteiger partial charge >= 0.3 is 5.97 Å². The lowest BCUT2D eigenvalue weighted by Crippen LogP contribution is -2.70. The fourth-order valence-corrected chi connectivity index (χ4v) is 7.15. The lowest BCUT2D eigenvalue weighted by molar-refractivity contribution is -0.169. The number of anilines is 2. The van der Waals surface area contributed by atoms with E-state index in [2.05, 4.69) is 10.3 Å². The van der Waals surface area contributed by atoms with Gasteiger partial charge in [0, 0.05) is 16.9 Å². The van der Waals surface area contributed by atoms with Crippen LogP contribution >= 0.6 is 11.3 Å². The Hall–Kier alpha value is -4.31. The molecule has 228 valence electrons. The Labute approximate surface area is 248 Å². The molecule has 0 radical (unpaired) electrons. The van der Waals surface area contributed by atoms with Crippen molar-refractivity contribution >= 4 is 51.4 Å². The number of aliphatic hydroxyl groups is 4. The number of ketones is 2. The summed E-state index contributed by atoms with van der Waals surface area (Å²) in [7, 11) is 2.88. The van der Waals surface area contributed by atoms with E-state index in [1.165, 1.54) is 30.4 Å². The Bertz CT molecular complexity index is 1650. The average Bonchev–Trinajstić information content (AvgIpc) is 3.40. The zero-order valence-corrected chi connectivity index (χ0v) is 24.3. The van der Waals surface area contributed by atoms with Crippen molar-refractivity contribution < 1.29 is 49.4 Å². The second-order valence-electron chi connectivity index (χ2n) is 10.9. The summed E-state index contributed by atoms with van der Waals surface area (Å²) in [4.78, 5) is 56.9. The van der Waals surface area contributed by atoms with Crippen molar-refractivity contribution in [3.8, 4) is 5.75 Å². The van der Waals surface area contributed by atoms with Crippen LogP contribution in [0, 0.1) is 11.8 Å². The molecule has 5 rings (SSSR count). The second-order valence-corrected chi connectivity index (χ2v) is 11.7. The molecule has 1 saturated carbocycles. The van der Waals surface area contributed by atoms with Crippen molar-refractivity contribution in [2.24, 2.45) is 17.6 Å². The number of carbonyl (C=O) groups excluding carboxylic acids is 4. The molecule has 3 aliphatic carbocycles. The highest BCUT2D eigenvalue weighted by Gasteiger charge is 2.68. The number of nitrogens with one attached hydrogen (secondary N) is 1. The van der Waals surface area contributed by atoms with Crippen LogP contribution in [-0.2, 0) is 19.1 Å². The van der Waals surface area contributed by atoms with E-state index in [1.54, 1.807) is 19.9 Å². The van der Waals surface area contributed by atoms with Crippen LogP contribution in [-0.4, -0.2) is 97.3 Å². The molecule has 0 spiro atoms. The summed E-state index contributed by atoms with van der Waals surface area (Å²) >= 11 is 1.05. The van der Waals surface area contributed by atoms with Gasteiger partial charge in [0.15, 0.2) is 22.2 Å². The van der Waals surface area contributed by atoms with Crippen LogP contribution in [0.25, 0.3) is 5.76 Å². The summed E-state index contributed by atoms with van der Waals surface area (Å²) in [5, 5.41) is 61.7. The summed E-state index contributed by atoms with van der Waals surface area (Å²) in [5.41, 5.74) is 1.12. The van der Waals surface area contributed by atoms with E-state index in [1.807, 2.05) is 0 Å². The largest absolute Gasteiger partial charge is 0.508 e. The summed E-state index contributed by atoms with van der Waals surface area (Å²) in [5.74, 6) is -10.4. The van der Waals surface area contributed by atoms with Crippen LogP contribution in [0.4, 0.5) is 10.8 Å². The monoisotopic (exact) mass is 614 g/mol. The molecule has 1 amide bonds. The number of hydrogen-bond acceptors (Lipinski definition) is 14. The van der Waals surface area contributed by atoms with Crippen molar-refractivity contribution in [3.05, 3.63) is 51.2 Å². The number of aliphatic hydroxyl groups excluding tert-OH is 3. The van der Waals surface area contributed by atoms with Gasteiger partial charge in [-0.05, 0) is 38.6 Å². The van der Waals surface area contributed by atoms with Crippen LogP contribution in [0.15, 0.2) is 34.4 Å². The van der Waals surface area contributed by atoms with E-state index in [4.69, 9.17) is 10.5 Å². The molecule has 8 N–H and O–H groups in total. The number of phenols is 1. The number of nitrogens with zero attached hydrogens (tertiary/aromatic N) is 2. The number of fused-ring (bicyclic) bond motifs is 3. The molecule has 0 aliphatic heterocycles. The minimum atomic E-state index is -3.00. The molecule has 15 heteroatoms. The molecule has 0 saturated heterocycles. The minimum absolute atomic E-state index is 0.0444. The van der Waals surface area contributed by atoms with Crippen molar-refractivity contribution in [1.82, 2.24) is 9.88 Å². The third kappa shape index (κ3) is 4.22. The molecule has 2 aromatic rings. The number of nitrogens with two attached hydrogens (primary N) is 1. The fraction of sp³-hybridized carbons (Fsp3) is 0.393. The van der Waals surface area contributed by atoms with E-state index in [-0.39, 0.29) is 28.7 Å². The van der Waals surface area contributed by atoms with Gasteiger partial charge in [-0.25, -0.2) is 9.78 Å². The molecule has 1 aromatic heterocycles. The number of hydrogen-bond donors (Lipinski definition) is 7. The normalized spacial score (nSPS) is 28.4. The molecular weight excluding hydrogens is 584 g/mol. The standard InChI is InChI=1S/C28H30N4O10S/c1-5-42-26(40)12-8-43-27(31-12)30-11-7-6-10-9(2)13-15(20(34)14(10)19(11)33)23(37)28(41)17(21(13)35)18(32(3)4)22(36)16(24(28)38)25(29)39/h6-9,13,17-18,21,33-35,38,41H,5H2,1-4H3,(H2,29,39)(H,30,31)/t9-,13+,17+,18+,21-,28+/m0/s1. The summed E-state index contributed by atoms with van der Waals surface area (Å²) < 4.78 is 4.93. The molecule has 1 fully saturated rings. The molecule has 6 atom stereocenters. The Morgan fingerprint density at radius 1 is 1.21 bits per heavy atom. The van der Waals surface area contributed by atoms with E-state index in [0.29, 0.717) is 5.56 Å². The molecular formula is C28H30N4O10S. The predicted molar refractivity (Wildman–Crippen MR) is 152 cm³/mol. The lowest BCUT2D eigenvalue weighted by Gasteiger charge is -2.53. The number of amides is 1. The fourth-order valence-electron chi connectivity index (χ4n) is 6.46. The van der Waals surface area contributed by atoms with Gasteiger partial charge in [-0.3, -0.25) is 19.3 Å². The van der Waals surface area contributed by atoms with Crippen LogP contribution < -0.4 is 11.1 Å². The highest BCUT2D eigenvalue weighted by molar-refractivity contribution is 7.14. The van der Waals surface area contributed by atoms with Gasteiger partial charge in [0.2, 0.25) is 5.78 Å². The summed E-state index contributed by atoms with van der Waals surface area (Å²) in [6.07, 6.45) is -1.69. The third-order valence-electron chi connectivity index (χ3n) is 8.36. The summed E-state index contributed by atoms with van der Waals surface area (Å²) in [6.45, 7) is 3.44. The Morgan fingerprint density at radius 2 is 1.88 bits per heavy atom. The molecule has 3 aliphatic rings. The number of benzene rings is 1. The highest BCUT2D eigenvalue weighted by Crippen LogP contribution is 2.56. The van der Waals surface area contributed by atoms with Gasteiger partial charge in [0.05, 0.1) is 35.9 Å². The van der Waals surface area contributed by atoms with Crippen molar-refractivity contribution in [1.29, 1.82) is 0 Å². The highest BCUT2D eigenvalue weighted by atomic mass is 32.1. The zero-order valence-electron chi connectivity index (χ0n) is 23.5. The maximum Gasteiger partial charge on any atom is 0.357 e. The van der Waals surface area contributed by atoms with Gasteiger partial charge < -0.3 is 41.3 Å². The number of ether oxygens (including phenoxy) is 1. The number of thiazole rings is 1. The maximum atomic E-state index is 14.1. The number of esters is 1. The minimum Gasteiger partial charge on any atom is -0.508 e. The first kappa shape index (κ1) is 30.2. The quantitative estimate of drug-likeness (QED) is 0.136. The van der Waals surface area contributed by atoms with Crippen LogP contribution in [0.1, 0.15) is 41.4 Å². The number of phenolic OH excluding ortho intramolecular Hbond substituents is 1. The number of primary amides is 1. The van der Waals surface area contributed by atoms with Gasteiger partial charge in [0.25, 0.3) is 5.91 Å². The van der Waals surface area contributed by atoms with E-state index < -0.39 is 87.4 Å². The SMILES string of the molecule is CCOC(=O)c1csc(Nc2ccc3c(c2O)C(O)=C2C(=O)[C@@]4(O)C(O)=C(C(N)=O)C(=O)[C@H](N(C)C)[C@@H]4[C@@H](O)[C@@H]2[C@H]3C)n1. The van der Waals surface area contributed by atoms with Gasteiger partial charge in [-0.1, -0.05) is 13.0 Å². The van der Waals surface area contributed by atoms with Crippen molar-refractivity contribution in [2.45, 2.75) is 37.5 Å². The van der Waals surface area contributed by atoms with Gasteiger partial charge in [-0.15, -0.1) is 11.3 Å². The first-order valence-corrected chi connectivity index (χ1v) is 14.1. The molecule has 0 unspecified atom stereocenters. The molecule has 1 heterocycles. The molecule has 43 heavy (non-hydrogen) atoms. The van der Waals surface area contributed by atoms with Crippen LogP contribution in [0.5, 0.6) is 5.75 Å². The maximum absolute atomic E-state index is 14.1. The van der Waals surface area contributed by atoms with Gasteiger partial charge in [-0.2, -0.15) is 0 Å². The number of carbonyl (C=O) groups is 4. The predicted octanol–water partition coefficient (Wildman–Crippen LogP) is 0.873. The third-order valence-corrected chi connectivity index (χ3v) is 9.12. The first-order valence-electron chi connectivity index (χ1n) is 13.3. The van der Waals surface area contributed by atoms with Crippen LogP contribution in [0.2, 0.25) is 0 Å². The van der Waals surface area contributed by atoms with Crippen molar-refractivity contribution in [2.75, 3.05) is 26.0 Å². The van der Waals surface area contributed by atoms with E-state index >= 15 is 0 Å². The zero-order chi connectivity index (χ0) is 31.7. The molecule has 0 bridgehead atoms. The number of rotatable bonds is 6. The Balaban J connectivity index is 1.65. The van der Waals surface area contributed by atoms with E-state index in [0.717, 1.165) is 11.3 Å². The first-order chi connectivity index (χ1) is 20.2. The van der Waals surface area contributed by atoms with E-state index in [9.17, 15) is 44.7 Å². The number of aromatic nitrogens is 1. The number of aromatic hydroxyl groups is 1. The second kappa shape index (κ2) is 10.4. The Morgan fingerprint density at radius 3 is 2.49 bits per heavy atom. The number of likely N-dealkylation sites (N-methyl/N-ethyl adjacent to an activating group) is 1. The summed E-state index contributed by atoms with van der Waals surface area (Å²) in [6, 6.07) is 1.62. The van der Waals surface area contributed by atoms with Crippen LogP contribution in [0.3, 0.4) is 0 Å². The molecule has 14 nitrogen and oxygen atoms in total. The topological polar surface area (TPSA) is 233 Å². The van der Waals surface area contributed by atoms with Gasteiger partial charge in [0.1, 0.15) is 22.8 Å². The lowest BCUT2D eigenvalue weighted by atomic mass is 9.54. The number of Topliss-reactive ketones (excluding diaryl/α,β-unsaturated/α-hetero) is 2. The Kier molecular flexibility index (Phi) is 7.33.